The van der Waals surface area contributed by atoms with Crippen LogP contribution in [0.2, 0.25) is 0 Å². The fraction of sp³-hybridized carbons (Fsp3) is 1.00. The van der Waals surface area contributed by atoms with Gasteiger partial charge in [0.15, 0.2) is 0 Å². The van der Waals surface area contributed by atoms with E-state index in [1.165, 1.54) is 0 Å². The highest BCUT2D eigenvalue weighted by molar-refractivity contribution is 4.56. The molecule has 0 aliphatic heterocycles. The van der Waals surface area contributed by atoms with E-state index < -0.39 is 0 Å². The van der Waals surface area contributed by atoms with Crippen LogP contribution in [0.3, 0.4) is 0 Å². The maximum Gasteiger partial charge on any atom is 0.0598 e. The number of ether oxygens (including phenoxy) is 3. The van der Waals surface area contributed by atoms with Crippen molar-refractivity contribution in [3.63, 3.8) is 0 Å². The average Bonchev–Trinajstić information content (AvgIpc) is 2.27. The molecule has 0 amide bonds. The summed E-state index contributed by atoms with van der Waals surface area (Å²) >= 11 is 0. The fourth-order valence-electron chi connectivity index (χ4n) is 1.37. The van der Waals surface area contributed by atoms with Crippen molar-refractivity contribution in [2.45, 2.75) is 99.9 Å². The van der Waals surface area contributed by atoms with Gasteiger partial charge in [0.05, 0.1) is 17.8 Å². The molecule has 0 saturated heterocycles. The van der Waals surface area contributed by atoms with Crippen LogP contribution in [0.4, 0.5) is 0 Å². The summed E-state index contributed by atoms with van der Waals surface area (Å²) < 4.78 is 15.6. The lowest BCUT2D eigenvalue weighted by atomic mass is 10.2. The van der Waals surface area contributed by atoms with Crippen LogP contribution in [0.25, 0.3) is 0 Å². The first-order valence-corrected chi connectivity index (χ1v) is 8.47. The van der Waals surface area contributed by atoms with Crippen molar-refractivity contribution in [1.29, 1.82) is 0 Å². The molecule has 3 nitrogen and oxygen atoms in total. The Labute approximate surface area is 134 Å². The molecule has 21 heavy (non-hydrogen) atoms. The molecule has 0 unspecified atom stereocenters. The number of rotatable bonds is 7. The topological polar surface area (TPSA) is 27.7 Å². The van der Waals surface area contributed by atoms with E-state index in [4.69, 9.17) is 14.2 Å². The molecule has 0 radical (unpaired) electrons. The van der Waals surface area contributed by atoms with Crippen molar-refractivity contribution in [2.75, 3.05) is 19.8 Å². The van der Waals surface area contributed by atoms with Gasteiger partial charge in [-0.1, -0.05) is 13.8 Å². The van der Waals surface area contributed by atoms with E-state index in [-0.39, 0.29) is 5.60 Å². The van der Waals surface area contributed by atoms with Gasteiger partial charge in [0.25, 0.3) is 0 Å². The summed E-state index contributed by atoms with van der Waals surface area (Å²) in [6.45, 7) is 23.2. The van der Waals surface area contributed by atoms with Crippen LogP contribution in [-0.2, 0) is 14.2 Å². The summed E-state index contributed by atoms with van der Waals surface area (Å²) in [7, 11) is 0. The molecule has 0 fully saturated rings. The van der Waals surface area contributed by atoms with Gasteiger partial charge in [-0.25, -0.2) is 0 Å². The van der Waals surface area contributed by atoms with Crippen LogP contribution < -0.4 is 0 Å². The van der Waals surface area contributed by atoms with Crippen molar-refractivity contribution in [2.24, 2.45) is 0 Å². The van der Waals surface area contributed by atoms with Crippen molar-refractivity contribution in [1.82, 2.24) is 0 Å². The minimum Gasteiger partial charge on any atom is -0.381 e. The zero-order valence-electron chi connectivity index (χ0n) is 16.4. The third-order valence-corrected chi connectivity index (χ3v) is 1.82. The second-order valence-corrected chi connectivity index (χ2v) is 6.39. The predicted octanol–water partition coefficient (Wildman–Crippen LogP) is 5.46. The van der Waals surface area contributed by atoms with Crippen LogP contribution >= 0.6 is 0 Å². The second kappa shape index (κ2) is 17.9. The predicted molar refractivity (Wildman–Crippen MR) is 94.1 cm³/mol. The summed E-state index contributed by atoms with van der Waals surface area (Å²) in [5.74, 6) is 0. The third-order valence-electron chi connectivity index (χ3n) is 1.82. The van der Waals surface area contributed by atoms with E-state index in [9.17, 15) is 0 Å². The molecule has 0 bridgehead atoms. The summed E-state index contributed by atoms with van der Waals surface area (Å²) in [4.78, 5) is 0. The molecule has 0 rings (SSSR count). The molecule has 0 aromatic heterocycles. The highest BCUT2D eigenvalue weighted by atomic mass is 16.5. The first kappa shape index (κ1) is 25.8. The Bertz CT molecular complexity index is 162. The summed E-state index contributed by atoms with van der Waals surface area (Å²) in [5.41, 5.74) is 0.0503. The van der Waals surface area contributed by atoms with Crippen molar-refractivity contribution >= 4 is 0 Å². The van der Waals surface area contributed by atoms with E-state index >= 15 is 0 Å². The van der Waals surface area contributed by atoms with E-state index in [2.05, 4.69) is 34.6 Å². The first-order valence-electron chi connectivity index (χ1n) is 8.47. The van der Waals surface area contributed by atoms with Gasteiger partial charge >= 0.3 is 0 Å². The summed E-state index contributed by atoms with van der Waals surface area (Å²) in [6, 6.07) is 0. The van der Waals surface area contributed by atoms with Crippen molar-refractivity contribution in [3.8, 4) is 0 Å². The normalized spacial score (nSPS) is 10.9. The Kier molecular flexibility index (Phi) is 22.0. The molecule has 0 aromatic carbocycles. The van der Waals surface area contributed by atoms with Gasteiger partial charge < -0.3 is 14.2 Å². The van der Waals surface area contributed by atoms with Crippen LogP contribution in [0.1, 0.15) is 82.1 Å². The summed E-state index contributed by atoms with van der Waals surface area (Å²) in [6.07, 6.45) is 3.03. The zero-order chi connectivity index (χ0) is 17.3. The molecule has 3 heteroatoms. The lowest BCUT2D eigenvalue weighted by Gasteiger charge is -2.17. The molecule has 0 saturated carbocycles. The fourth-order valence-corrected chi connectivity index (χ4v) is 1.37. The van der Waals surface area contributed by atoms with E-state index in [0.29, 0.717) is 12.2 Å². The van der Waals surface area contributed by atoms with Gasteiger partial charge in [0, 0.05) is 19.8 Å². The minimum atomic E-state index is 0.0503. The maximum atomic E-state index is 5.25. The van der Waals surface area contributed by atoms with Gasteiger partial charge in [-0.2, -0.15) is 0 Å². The summed E-state index contributed by atoms with van der Waals surface area (Å²) in [5, 5.41) is 0. The van der Waals surface area contributed by atoms with Crippen LogP contribution in [0.15, 0.2) is 0 Å². The van der Waals surface area contributed by atoms with E-state index in [1.54, 1.807) is 0 Å². The molecule has 0 aromatic rings. The Morgan fingerprint density at radius 1 is 0.762 bits per heavy atom. The largest absolute Gasteiger partial charge is 0.381 e. The second-order valence-electron chi connectivity index (χ2n) is 6.39. The van der Waals surface area contributed by atoms with Crippen LogP contribution in [0, 0.1) is 0 Å². The van der Waals surface area contributed by atoms with Crippen LogP contribution in [-0.4, -0.2) is 37.6 Å². The Hall–Kier alpha value is -0.120. The number of hydrogen-bond donors (Lipinski definition) is 0. The Morgan fingerprint density at radius 3 is 1.24 bits per heavy atom. The quantitative estimate of drug-likeness (QED) is 0.584. The molecule has 0 aliphatic carbocycles. The van der Waals surface area contributed by atoms with E-state index in [0.717, 1.165) is 32.7 Å². The highest BCUT2D eigenvalue weighted by Crippen LogP contribution is 2.04. The SMILES string of the molecule is CC(C)OC(C)C.CCCOCCC.CCOC(C)(C)C. The van der Waals surface area contributed by atoms with E-state index in [1.807, 2.05) is 34.6 Å². The van der Waals surface area contributed by atoms with Gasteiger partial charge in [-0.3, -0.25) is 0 Å². The molecule has 0 N–H and O–H groups in total. The highest BCUT2D eigenvalue weighted by Gasteiger charge is 2.06. The molecule has 0 atom stereocenters. The van der Waals surface area contributed by atoms with Gasteiger partial charge in [-0.15, -0.1) is 0 Å². The first-order chi connectivity index (χ1) is 9.60. The third kappa shape index (κ3) is 45.0. The van der Waals surface area contributed by atoms with Crippen molar-refractivity contribution < 1.29 is 14.2 Å². The van der Waals surface area contributed by atoms with Crippen LogP contribution in [0.5, 0.6) is 0 Å². The Balaban J connectivity index is -0.000000231. The molecular weight excluding hydrogens is 264 g/mol. The molecular formula is C18H42O3. The monoisotopic (exact) mass is 306 g/mol. The standard InChI is InChI=1S/3C6H14O/c1-5-7-6(2,3)4;1-5(2)7-6(3)4;1-3-5-7-6-4-2/h5H2,1-4H3;5-6H,1-4H3;3-6H2,1-2H3. The zero-order valence-corrected chi connectivity index (χ0v) is 16.4. The maximum absolute atomic E-state index is 5.25. The molecule has 0 heterocycles. The van der Waals surface area contributed by atoms with Gasteiger partial charge in [0.1, 0.15) is 0 Å². The Morgan fingerprint density at radius 2 is 1.14 bits per heavy atom. The lowest BCUT2D eigenvalue weighted by Crippen LogP contribution is -2.18. The lowest BCUT2D eigenvalue weighted by molar-refractivity contribution is 0.00531. The average molecular weight is 307 g/mol. The molecule has 0 spiro atoms. The van der Waals surface area contributed by atoms with Crippen molar-refractivity contribution in [3.05, 3.63) is 0 Å². The molecule has 0 aliphatic rings. The van der Waals surface area contributed by atoms with Gasteiger partial charge in [-0.05, 0) is 68.2 Å². The smallest absolute Gasteiger partial charge is 0.0598 e. The molecule has 132 valence electrons. The van der Waals surface area contributed by atoms with Gasteiger partial charge in [0.2, 0.25) is 0 Å². The minimum absolute atomic E-state index is 0.0503. The number of hydrogen-bond acceptors (Lipinski definition) is 3.